The Balaban J connectivity index is 1.74. The molecule has 0 radical (unpaired) electrons. The zero-order valence-corrected chi connectivity index (χ0v) is 21.2. The van der Waals surface area contributed by atoms with Crippen LogP contribution in [-0.2, 0) is 9.59 Å². The molecule has 0 aromatic heterocycles. The zero-order chi connectivity index (χ0) is 26.2. The summed E-state index contributed by atoms with van der Waals surface area (Å²) in [6.07, 6.45) is 1.40. The molecule has 0 saturated heterocycles. The second kappa shape index (κ2) is 11.9. The number of carbonyl (C=O) groups is 2. The molecule has 0 spiro atoms. The number of nitriles is 1. The number of hydrogen-bond donors (Lipinski definition) is 2. The highest BCUT2D eigenvalue weighted by Crippen LogP contribution is 2.37. The maximum atomic E-state index is 12.6. The van der Waals surface area contributed by atoms with Gasteiger partial charge in [0, 0.05) is 11.4 Å². The van der Waals surface area contributed by atoms with Gasteiger partial charge < -0.3 is 20.1 Å². The lowest BCUT2D eigenvalue weighted by atomic mass is 10.1. The standard InChI is InChI=1S/C28H26ClN3O4/c1-17-8-10-22(11-9-17)31-28(34)21(15-30)12-20-13-23(29)27(25(14-20)35-4)36-16-26(33)32-24-7-5-6-18(2)19(24)3/h5-14H,16H2,1-4H3,(H,31,34)(H,32,33)/b21-12-. The lowest BCUT2D eigenvalue weighted by Crippen LogP contribution is -2.21. The van der Waals surface area contributed by atoms with Gasteiger partial charge in [0.05, 0.1) is 12.1 Å². The molecule has 2 amide bonds. The molecule has 0 atom stereocenters. The van der Waals surface area contributed by atoms with Crippen molar-refractivity contribution in [1.29, 1.82) is 5.26 Å². The van der Waals surface area contributed by atoms with Gasteiger partial charge in [0.2, 0.25) is 0 Å². The first kappa shape index (κ1) is 26.3. The zero-order valence-electron chi connectivity index (χ0n) is 20.4. The van der Waals surface area contributed by atoms with E-state index < -0.39 is 5.91 Å². The molecule has 0 heterocycles. The third-order valence-electron chi connectivity index (χ3n) is 5.46. The van der Waals surface area contributed by atoms with Crippen molar-refractivity contribution in [3.63, 3.8) is 0 Å². The van der Waals surface area contributed by atoms with E-state index in [4.69, 9.17) is 21.1 Å². The van der Waals surface area contributed by atoms with Gasteiger partial charge in [0.15, 0.2) is 18.1 Å². The van der Waals surface area contributed by atoms with Gasteiger partial charge >= 0.3 is 0 Å². The number of rotatable bonds is 8. The molecule has 0 bridgehead atoms. The maximum Gasteiger partial charge on any atom is 0.266 e. The number of benzene rings is 3. The number of nitrogens with one attached hydrogen (secondary N) is 2. The summed E-state index contributed by atoms with van der Waals surface area (Å²) in [5, 5.41) is 15.2. The van der Waals surface area contributed by atoms with E-state index in [9.17, 15) is 14.9 Å². The van der Waals surface area contributed by atoms with Crippen LogP contribution in [0.5, 0.6) is 11.5 Å². The SMILES string of the molecule is COc1cc(/C=C(/C#N)C(=O)Nc2ccc(C)cc2)cc(Cl)c1OCC(=O)Nc1cccc(C)c1C. The van der Waals surface area contributed by atoms with Gasteiger partial charge in [0.1, 0.15) is 11.6 Å². The van der Waals surface area contributed by atoms with Crippen LogP contribution in [-0.4, -0.2) is 25.5 Å². The van der Waals surface area contributed by atoms with Crippen LogP contribution in [0.3, 0.4) is 0 Å². The molecule has 0 unspecified atom stereocenters. The molecule has 36 heavy (non-hydrogen) atoms. The molecule has 3 rings (SSSR count). The van der Waals surface area contributed by atoms with E-state index in [-0.39, 0.29) is 34.6 Å². The third-order valence-corrected chi connectivity index (χ3v) is 5.74. The van der Waals surface area contributed by atoms with Crippen LogP contribution in [0.1, 0.15) is 22.3 Å². The highest BCUT2D eigenvalue weighted by Gasteiger charge is 2.16. The summed E-state index contributed by atoms with van der Waals surface area (Å²) in [6.45, 7) is 5.54. The van der Waals surface area contributed by atoms with Crippen LogP contribution in [0.4, 0.5) is 11.4 Å². The normalized spacial score (nSPS) is 10.8. The van der Waals surface area contributed by atoms with E-state index in [2.05, 4.69) is 10.6 Å². The van der Waals surface area contributed by atoms with Crippen molar-refractivity contribution >= 4 is 40.9 Å². The number of aryl methyl sites for hydroxylation is 2. The van der Waals surface area contributed by atoms with Crippen molar-refractivity contribution in [3.05, 3.63) is 87.4 Å². The third kappa shape index (κ3) is 6.65. The molecular weight excluding hydrogens is 478 g/mol. The second-order valence-corrected chi connectivity index (χ2v) is 8.52. The van der Waals surface area contributed by atoms with Crippen LogP contribution in [0.25, 0.3) is 6.08 Å². The quantitative estimate of drug-likeness (QED) is 0.297. The summed E-state index contributed by atoms with van der Waals surface area (Å²) in [5.74, 6) is -0.482. The first-order chi connectivity index (χ1) is 17.2. The fourth-order valence-electron chi connectivity index (χ4n) is 3.32. The first-order valence-corrected chi connectivity index (χ1v) is 11.5. The smallest absolute Gasteiger partial charge is 0.266 e. The molecule has 0 aliphatic rings. The summed E-state index contributed by atoms with van der Waals surface area (Å²) in [5.41, 5.74) is 4.70. The minimum absolute atomic E-state index is 0.115. The van der Waals surface area contributed by atoms with Gasteiger partial charge in [-0.3, -0.25) is 9.59 Å². The van der Waals surface area contributed by atoms with E-state index >= 15 is 0 Å². The van der Waals surface area contributed by atoms with Gasteiger partial charge in [-0.05, 0) is 73.9 Å². The number of hydrogen-bond acceptors (Lipinski definition) is 5. The van der Waals surface area contributed by atoms with Crippen LogP contribution in [0.2, 0.25) is 5.02 Å². The minimum Gasteiger partial charge on any atom is -0.493 e. The fraction of sp³-hybridized carbons (Fsp3) is 0.179. The predicted molar refractivity (Wildman–Crippen MR) is 141 cm³/mol. The average molecular weight is 504 g/mol. The molecule has 2 N–H and O–H groups in total. The van der Waals surface area contributed by atoms with Gasteiger partial charge in [-0.25, -0.2) is 0 Å². The second-order valence-electron chi connectivity index (χ2n) is 8.11. The Morgan fingerprint density at radius 1 is 1.06 bits per heavy atom. The Kier molecular flexibility index (Phi) is 8.71. The lowest BCUT2D eigenvalue weighted by Gasteiger charge is -2.14. The van der Waals surface area contributed by atoms with Crippen LogP contribution in [0, 0.1) is 32.1 Å². The molecule has 184 valence electrons. The van der Waals surface area contributed by atoms with Crippen molar-refractivity contribution in [2.45, 2.75) is 20.8 Å². The van der Waals surface area contributed by atoms with Crippen molar-refractivity contribution < 1.29 is 19.1 Å². The maximum absolute atomic E-state index is 12.6. The summed E-state index contributed by atoms with van der Waals surface area (Å²) in [7, 11) is 1.43. The summed E-state index contributed by atoms with van der Waals surface area (Å²) >= 11 is 6.40. The molecule has 3 aromatic carbocycles. The number of nitrogens with zero attached hydrogens (tertiary/aromatic N) is 1. The van der Waals surface area contributed by atoms with Crippen LogP contribution in [0.15, 0.2) is 60.2 Å². The number of halogens is 1. The Hall–Kier alpha value is -4.28. The van der Waals surface area contributed by atoms with Gasteiger partial charge in [-0.15, -0.1) is 0 Å². The molecule has 3 aromatic rings. The van der Waals surface area contributed by atoms with Gasteiger partial charge in [-0.1, -0.05) is 41.4 Å². The topological polar surface area (TPSA) is 100 Å². The summed E-state index contributed by atoms with van der Waals surface area (Å²) < 4.78 is 11.0. The molecule has 7 nitrogen and oxygen atoms in total. The number of ether oxygens (including phenoxy) is 2. The van der Waals surface area contributed by atoms with Crippen molar-refractivity contribution in [2.75, 3.05) is 24.4 Å². The van der Waals surface area contributed by atoms with Crippen LogP contribution >= 0.6 is 11.6 Å². The largest absolute Gasteiger partial charge is 0.493 e. The van der Waals surface area contributed by atoms with Crippen molar-refractivity contribution in [1.82, 2.24) is 0 Å². The van der Waals surface area contributed by atoms with E-state index in [1.807, 2.05) is 57.2 Å². The van der Waals surface area contributed by atoms with E-state index in [0.717, 1.165) is 16.7 Å². The number of anilines is 2. The first-order valence-electron chi connectivity index (χ1n) is 11.1. The van der Waals surface area contributed by atoms with Gasteiger partial charge in [0.25, 0.3) is 11.8 Å². The van der Waals surface area contributed by atoms with E-state index in [1.54, 1.807) is 18.2 Å². The number of carbonyl (C=O) groups excluding carboxylic acids is 2. The molecular formula is C28H26ClN3O4. The van der Waals surface area contributed by atoms with Gasteiger partial charge in [-0.2, -0.15) is 5.26 Å². The summed E-state index contributed by atoms with van der Waals surface area (Å²) in [6, 6.07) is 17.9. The van der Waals surface area contributed by atoms with E-state index in [1.165, 1.54) is 19.3 Å². The van der Waals surface area contributed by atoms with E-state index in [0.29, 0.717) is 16.9 Å². The van der Waals surface area contributed by atoms with Crippen molar-refractivity contribution in [3.8, 4) is 17.6 Å². The lowest BCUT2D eigenvalue weighted by molar-refractivity contribution is -0.118. The monoisotopic (exact) mass is 503 g/mol. The Morgan fingerprint density at radius 2 is 1.78 bits per heavy atom. The highest BCUT2D eigenvalue weighted by molar-refractivity contribution is 6.32. The molecule has 0 saturated carbocycles. The number of methoxy groups -OCH3 is 1. The van der Waals surface area contributed by atoms with Crippen LogP contribution < -0.4 is 20.1 Å². The molecule has 0 aliphatic heterocycles. The molecule has 0 fully saturated rings. The predicted octanol–water partition coefficient (Wildman–Crippen LogP) is 5.84. The summed E-state index contributed by atoms with van der Waals surface area (Å²) in [4.78, 5) is 25.0. The fourth-order valence-corrected chi connectivity index (χ4v) is 3.60. The minimum atomic E-state index is -0.556. The Bertz CT molecular complexity index is 1360. The number of amides is 2. The highest BCUT2D eigenvalue weighted by atomic mass is 35.5. The van der Waals surface area contributed by atoms with Crippen molar-refractivity contribution in [2.24, 2.45) is 0 Å². The Labute approximate surface area is 215 Å². The molecule has 0 aliphatic carbocycles. The molecule has 8 heteroatoms. The average Bonchev–Trinajstić information content (AvgIpc) is 2.85. The Morgan fingerprint density at radius 3 is 2.44 bits per heavy atom.